The van der Waals surface area contributed by atoms with E-state index in [0.29, 0.717) is 21.9 Å². The molecule has 2 unspecified atom stereocenters. The van der Waals surface area contributed by atoms with E-state index in [4.69, 9.17) is 0 Å². The predicted octanol–water partition coefficient (Wildman–Crippen LogP) is 2.53. The summed E-state index contributed by atoms with van der Waals surface area (Å²) >= 11 is 3.83. The second-order valence-electron chi connectivity index (χ2n) is 4.90. The molecule has 4 aliphatic rings. The van der Waals surface area contributed by atoms with Crippen LogP contribution in [0, 0.1) is 17.8 Å². The molecule has 0 spiro atoms. The van der Waals surface area contributed by atoms with Gasteiger partial charge < -0.3 is 0 Å². The van der Waals surface area contributed by atoms with Crippen LogP contribution in [0.2, 0.25) is 0 Å². The van der Waals surface area contributed by atoms with Gasteiger partial charge in [0.25, 0.3) is 0 Å². The minimum absolute atomic E-state index is 0.372. The van der Waals surface area contributed by atoms with Crippen LogP contribution in [-0.2, 0) is 4.79 Å². The van der Waals surface area contributed by atoms with E-state index < -0.39 is 0 Å². The van der Waals surface area contributed by atoms with E-state index in [1.54, 1.807) is 0 Å². The first kappa shape index (κ1) is 7.54. The van der Waals surface area contributed by atoms with Crippen molar-refractivity contribution in [3.63, 3.8) is 0 Å². The van der Waals surface area contributed by atoms with Gasteiger partial charge in [0.2, 0.25) is 0 Å². The number of carbonyl (C=O) groups excluding carboxylic acids is 1. The van der Waals surface area contributed by atoms with Crippen LogP contribution in [0.3, 0.4) is 0 Å². The van der Waals surface area contributed by atoms with Crippen molar-refractivity contribution in [2.45, 2.75) is 36.4 Å². The number of rotatable bonds is 0. The molecule has 0 aliphatic heterocycles. The second kappa shape index (κ2) is 2.14. The molecule has 0 radical (unpaired) electrons. The normalized spacial score (nSPS) is 56.4. The Kier molecular flexibility index (Phi) is 1.35. The molecule has 0 saturated heterocycles. The Morgan fingerprint density at radius 3 is 2.25 bits per heavy atom. The summed E-state index contributed by atoms with van der Waals surface area (Å²) in [7, 11) is 0. The van der Waals surface area contributed by atoms with Crippen molar-refractivity contribution in [1.29, 1.82) is 0 Å². The number of hydrogen-bond acceptors (Lipinski definition) is 1. The van der Waals surface area contributed by atoms with Crippen molar-refractivity contribution in [3.05, 3.63) is 0 Å². The molecule has 1 nitrogen and oxygen atoms in total. The standard InChI is InChI=1S/C10H13BrO/c11-10-3-6-1-7(4-10)9(12)8(2-6)5-10/h6-8H,1-5H2. The third-order valence-corrected chi connectivity index (χ3v) is 4.89. The van der Waals surface area contributed by atoms with Gasteiger partial charge in [0.15, 0.2) is 0 Å². The molecule has 2 atom stereocenters. The van der Waals surface area contributed by atoms with Gasteiger partial charge in [-0.15, -0.1) is 0 Å². The maximum atomic E-state index is 11.7. The fourth-order valence-corrected chi connectivity index (χ4v) is 4.89. The molecule has 0 aromatic heterocycles. The van der Waals surface area contributed by atoms with Gasteiger partial charge in [0.05, 0.1) is 0 Å². The van der Waals surface area contributed by atoms with Crippen molar-refractivity contribution in [1.82, 2.24) is 0 Å². The van der Waals surface area contributed by atoms with Crippen molar-refractivity contribution in [3.8, 4) is 0 Å². The molecule has 2 heteroatoms. The number of halogens is 1. The molecule has 4 fully saturated rings. The molecular formula is C10H13BrO. The second-order valence-corrected chi connectivity index (χ2v) is 6.58. The first-order chi connectivity index (χ1) is 5.66. The molecule has 4 aliphatic carbocycles. The third-order valence-electron chi connectivity index (χ3n) is 3.92. The Labute approximate surface area is 81.0 Å². The van der Waals surface area contributed by atoms with Crippen LogP contribution in [0.25, 0.3) is 0 Å². The lowest BCUT2D eigenvalue weighted by atomic mass is 9.55. The van der Waals surface area contributed by atoms with Crippen molar-refractivity contribution < 1.29 is 4.79 Å². The number of hydrogen-bond donors (Lipinski definition) is 0. The Hall–Kier alpha value is 0.150. The van der Waals surface area contributed by atoms with Crippen LogP contribution in [0.5, 0.6) is 0 Å². The summed E-state index contributed by atoms with van der Waals surface area (Å²) in [6.45, 7) is 0. The van der Waals surface area contributed by atoms with E-state index >= 15 is 0 Å². The molecule has 12 heavy (non-hydrogen) atoms. The zero-order valence-electron chi connectivity index (χ0n) is 7.05. The van der Waals surface area contributed by atoms with E-state index in [2.05, 4.69) is 15.9 Å². The van der Waals surface area contributed by atoms with Crippen LogP contribution in [0.15, 0.2) is 0 Å². The van der Waals surface area contributed by atoms with Crippen LogP contribution in [0.1, 0.15) is 32.1 Å². The van der Waals surface area contributed by atoms with E-state index in [9.17, 15) is 4.79 Å². The van der Waals surface area contributed by atoms with E-state index in [1.807, 2.05) is 0 Å². The molecule has 66 valence electrons. The van der Waals surface area contributed by atoms with Crippen LogP contribution < -0.4 is 0 Å². The topological polar surface area (TPSA) is 17.1 Å². The van der Waals surface area contributed by atoms with Crippen LogP contribution in [0.4, 0.5) is 0 Å². The average molecular weight is 229 g/mol. The third kappa shape index (κ3) is 0.876. The van der Waals surface area contributed by atoms with E-state index in [1.165, 1.54) is 19.3 Å². The SMILES string of the molecule is O=C1C2CC3CC1CC(Br)(C3)C2. The van der Waals surface area contributed by atoms with Crippen LogP contribution in [-0.4, -0.2) is 10.1 Å². The Morgan fingerprint density at radius 2 is 1.75 bits per heavy atom. The van der Waals surface area contributed by atoms with Gasteiger partial charge in [-0.25, -0.2) is 0 Å². The smallest absolute Gasteiger partial charge is 0.139 e. The fraction of sp³-hybridized carbons (Fsp3) is 0.900. The van der Waals surface area contributed by atoms with E-state index in [-0.39, 0.29) is 0 Å². The van der Waals surface area contributed by atoms with Gasteiger partial charge in [-0.2, -0.15) is 0 Å². The van der Waals surface area contributed by atoms with Gasteiger partial charge >= 0.3 is 0 Å². The predicted molar refractivity (Wildman–Crippen MR) is 50.2 cm³/mol. The summed E-state index contributed by atoms with van der Waals surface area (Å²) in [4.78, 5) is 11.7. The summed E-state index contributed by atoms with van der Waals surface area (Å²) in [5, 5.41) is 0. The van der Waals surface area contributed by atoms with Crippen molar-refractivity contribution >= 4 is 21.7 Å². The maximum absolute atomic E-state index is 11.7. The summed E-state index contributed by atoms with van der Waals surface area (Å²) in [6, 6.07) is 0. The van der Waals surface area contributed by atoms with E-state index in [0.717, 1.165) is 18.8 Å². The van der Waals surface area contributed by atoms with Gasteiger partial charge in [-0.1, -0.05) is 15.9 Å². The summed E-state index contributed by atoms with van der Waals surface area (Å²) < 4.78 is 0.372. The lowest BCUT2D eigenvalue weighted by Gasteiger charge is -2.53. The molecule has 0 N–H and O–H groups in total. The number of Topliss-reactive ketones (excluding diaryl/α,β-unsaturated/α-hetero) is 1. The minimum atomic E-state index is 0.372. The summed E-state index contributed by atoms with van der Waals surface area (Å²) in [6.07, 6.45) is 5.97. The Morgan fingerprint density at radius 1 is 1.17 bits per heavy atom. The molecule has 0 aromatic rings. The van der Waals surface area contributed by atoms with Gasteiger partial charge in [0.1, 0.15) is 5.78 Å². The number of carbonyl (C=O) groups is 1. The monoisotopic (exact) mass is 228 g/mol. The highest BCUT2D eigenvalue weighted by atomic mass is 79.9. The first-order valence-corrected chi connectivity index (χ1v) is 5.68. The Balaban J connectivity index is 2.00. The quantitative estimate of drug-likeness (QED) is 0.583. The summed E-state index contributed by atoms with van der Waals surface area (Å²) in [5.41, 5.74) is 0. The van der Waals surface area contributed by atoms with Gasteiger partial charge in [-0.05, 0) is 38.0 Å². The molecule has 0 aromatic carbocycles. The maximum Gasteiger partial charge on any atom is 0.139 e. The highest BCUT2D eigenvalue weighted by Gasteiger charge is 2.53. The van der Waals surface area contributed by atoms with Crippen molar-refractivity contribution in [2.75, 3.05) is 0 Å². The highest BCUT2D eigenvalue weighted by Crippen LogP contribution is 2.57. The molecule has 4 bridgehead atoms. The van der Waals surface area contributed by atoms with Gasteiger partial charge in [-0.3, -0.25) is 4.79 Å². The molecular weight excluding hydrogens is 216 g/mol. The molecule has 4 rings (SSSR count). The summed E-state index contributed by atoms with van der Waals surface area (Å²) in [5.74, 6) is 2.30. The lowest BCUT2D eigenvalue weighted by Crippen LogP contribution is -2.52. The fourth-order valence-electron chi connectivity index (χ4n) is 3.65. The van der Waals surface area contributed by atoms with Gasteiger partial charge in [0, 0.05) is 16.2 Å². The first-order valence-electron chi connectivity index (χ1n) is 4.89. The Bertz CT molecular complexity index is 230. The number of ketones is 1. The van der Waals surface area contributed by atoms with Crippen molar-refractivity contribution in [2.24, 2.45) is 17.8 Å². The zero-order chi connectivity index (χ0) is 8.34. The largest absolute Gasteiger partial charge is 0.299 e. The minimum Gasteiger partial charge on any atom is -0.299 e. The molecule has 0 amide bonds. The highest BCUT2D eigenvalue weighted by molar-refractivity contribution is 9.10. The molecule has 0 heterocycles. The van der Waals surface area contributed by atoms with Crippen LogP contribution >= 0.6 is 15.9 Å². The number of alkyl halides is 1. The zero-order valence-corrected chi connectivity index (χ0v) is 8.64. The lowest BCUT2D eigenvalue weighted by molar-refractivity contribution is -0.138. The molecule has 4 saturated carbocycles. The average Bonchev–Trinajstić information content (AvgIpc) is 1.96.